The van der Waals surface area contributed by atoms with Crippen LogP contribution in [0.1, 0.15) is 17.4 Å². The van der Waals surface area contributed by atoms with E-state index in [-0.39, 0.29) is 12.4 Å². The van der Waals surface area contributed by atoms with Gasteiger partial charge < -0.3 is 20.2 Å². The number of nitrogens with zero attached hydrogens (tertiary/aromatic N) is 8. The molecule has 3 rings (SSSR count). The molecule has 3 aromatic heterocycles. The van der Waals surface area contributed by atoms with E-state index in [9.17, 15) is 14.9 Å². The van der Waals surface area contributed by atoms with E-state index in [1.165, 1.54) is 28.0 Å². The molecule has 0 atom stereocenters. The quantitative estimate of drug-likeness (QED) is 0.446. The summed E-state index contributed by atoms with van der Waals surface area (Å²) >= 11 is 0. The second-order valence-electron chi connectivity index (χ2n) is 5.07. The summed E-state index contributed by atoms with van der Waals surface area (Å²) in [5.41, 5.74) is 0.688. The van der Waals surface area contributed by atoms with E-state index in [0.717, 1.165) is 0 Å². The van der Waals surface area contributed by atoms with Crippen molar-refractivity contribution in [2.45, 2.75) is 20.3 Å². The smallest absolute Gasteiger partial charge is 0.390 e. The molecule has 0 aliphatic rings. The number of aromatic nitrogens is 7. The zero-order valence-electron chi connectivity index (χ0n) is 13.7. The molecule has 1 N–H and O–H groups in total. The van der Waals surface area contributed by atoms with Crippen molar-refractivity contribution < 1.29 is 14.5 Å². The van der Waals surface area contributed by atoms with Gasteiger partial charge in [0.2, 0.25) is 6.33 Å². The van der Waals surface area contributed by atoms with E-state index in [4.69, 9.17) is 4.74 Å². The van der Waals surface area contributed by atoms with Crippen molar-refractivity contribution in [2.75, 3.05) is 11.9 Å². The first kappa shape index (κ1) is 17.2. The molecule has 0 aliphatic heterocycles. The van der Waals surface area contributed by atoms with Gasteiger partial charge in [-0.1, -0.05) is 4.98 Å². The van der Waals surface area contributed by atoms with Crippen LogP contribution in [-0.2, 0) is 18.1 Å². The maximum absolute atomic E-state index is 12.2. The monoisotopic (exact) mass is 361 g/mol. The molecule has 0 radical (unpaired) electrons. The third-order valence-corrected chi connectivity index (χ3v) is 3.17. The molecule has 0 bridgehead atoms. The largest absolute Gasteiger partial charge is 0.491 e. The first-order valence-electron chi connectivity index (χ1n) is 7.54. The van der Waals surface area contributed by atoms with E-state index < -0.39 is 16.8 Å². The number of nitro groups is 1. The van der Waals surface area contributed by atoms with Crippen LogP contribution < -0.4 is 5.32 Å². The van der Waals surface area contributed by atoms with Crippen LogP contribution in [0.3, 0.4) is 0 Å². The first-order valence-corrected chi connectivity index (χ1v) is 7.54. The fourth-order valence-corrected chi connectivity index (χ4v) is 2.03. The van der Waals surface area contributed by atoms with Gasteiger partial charge in [0, 0.05) is 17.9 Å². The molecule has 0 unspecified atom stereocenters. The van der Waals surface area contributed by atoms with E-state index >= 15 is 0 Å². The highest BCUT2D eigenvalue weighted by Gasteiger charge is 2.15. The van der Waals surface area contributed by atoms with Crippen LogP contribution in [0.5, 0.6) is 0 Å². The molecule has 26 heavy (non-hydrogen) atoms. The van der Waals surface area contributed by atoms with Gasteiger partial charge in [-0.25, -0.2) is 9.36 Å². The maximum Gasteiger partial charge on any atom is 0.491 e. The molecule has 1 amide bonds. The summed E-state index contributed by atoms with van der Waals surface area (Å²) in [5, 5.41) is 25.1. The Hall–Kier alpha value is -3.61. The highest BCUT2D eigenvalue weighted by molar-refractivity contribution is 6.02. The highest BCUT2D eigenvalue weighted by Crippen LogP contribution is 2.08. The van der Waals surface area contributed by atoms with Gasteiger partial charge in [0.25, 0.3) is 5.91 Å². The maximum atomic E-state index is 12.2. The number of anilines is 1. The van der Waals surface area contributed by atoms with Crippen molar-refractivity contribution in [3.05, 3.63) is 46.8 Å². The molecular weight excluding hydrogens is 346 g/mol. The zero-order valence-corrected chi connectivity index (χ0v) is 13.7. The van der Waals surface area contributed by atoms with Gasteiger partial charge in [0.05, 0.1) is 18.1 Å². The van der Waals surface area contributed by atoms with Crippen molar-refractivity contribution in [1.29, 1.82) is 0 Å². The Labute approximate surface area is 146 Å². The number of hydrogen-bond donors (Lipinski definition) is 1. The third kappa shape index (κ3) is 4.07. The van der Waals surface area contributed by atoms with Gasteiger partial charge in [-0.2, -0.15) is 14.9 Å². The minimum absolute atomic E-state index is 0.0837. The molecule has 0 spiro atoms. The van der Waals surface area contributed by atoms with Gasteiger partial charge in [0.1, 0.15) is 6.73 Å². The van der Waals surface area contributed by atoms with Gasteiger partial charge in [-0.05, 0) is 17.9 Å². The van der Waals surface area contributed by atoms with Crippen molar-refractivity contribution in [3.63, 3.8) is 0 Å². The Bertz CT molecular complexity index is 912. The lowest BCUT2D eigenvalue weighted by molar-refractivity contribution is -0.394. The Morgan fingerprint density at radius 3 is 2.92 bits per heavy atom. The summed E-state index contributed by atoms with van der Waals surface area (Å²) in [6.45, 7) is 2.82. The van der Waals surface area contributed by atoms with Crippen LogP contribution in [-0.4, -0.2) is 51.8 Å². The van der Waals surface area contributed by atoms with Gasteiger partial charge >= 0.3 is 5.95 Å². The van der Waals surface area contributed by atoms with Crippen LogP contribution in [0.4, 0.5) is 11.6 Å². The average Bonchev–Trinajstić information content (AvgIpc) is 3.34. The Morgan fingerprint density at radius 2 is 2.19 bits per heavy atom. The fraction of sp³-hybridized carbons (Fsp3) is 0.308. The average molecular weight is 361 g/mol. The van der Waals surface area contributed by atoms with E-state index in [2.05, 4.69) is 25.6 Å². The molecule has 0 fully saturated rings. The van der Waals surface area contributed by atoms with Crippen LogP contribution in [0.2, 0.25) is 0 Å². The lowest BCUT2D eigenvalue weighted by Crippen LogP contribution is -2.14. The van der Waals surface area contributed by atoms with E-state index in [0.29, 0.717) is 19.0 Å². The normalized spacial score (nSPS) is 10.8. The summed E-state index contributed by atoms with van der Waals surface area (Å²) in [6, 6.07) is 1.52. The highest BCUT2D eigenvalue weighted by atomic mass is 16.6. The molecule has 0 saturated heterocycles. The Morgan fingerprint density at radius 1 is 1.35 bits per heavy atom. The summed E-state index contributed by atoms with van der Waals surface area (Å²) in [5.74, 6) is -0.913. The number of carbonyl (C=O) groups excluding carboxylic acids is 1. The fourth-order valence-electron chi connectivity index (χ4n) is 2.03. The Balaban J connectivity index is 1.60. The molecule has 0 aromatic carbocycles. The topological polar surface area (TPSA) is 148 Å². The zero-order chi connectivity index (χ0) is 18.5. The van der Waals surface area contributed by atoms with Crippen LogP contribution >= 0.6 is 0 Å². The standard InChI is InChI=1S/C13H15N9O4/c1-2-26-9-20-6-10(5-15-20)16-12(23)11-3-4-19(17-11)8-21-7-14-13(18-21)22(24)25/h3-7H,2,8-9H2,1H3,(H,16,23). The van der Waals surface area contributed by atoms with Crippen LogP contribution in [0.25, 0.3) is 0 Å². The van der Waals surface area contributed by atoms with Crippen molar-refractivity contribution >= 4 is 17.5 Å². The molecule has 136 valence electrons. The first-order chi connectivity index (χ1) is 12.5. The van der Waals surface area contributed by atoms with Gasteiger partial charge in [0.15, 0.2) is 12.4 Å². The summed E-state index contributed by atoms with van der Waals surface area (Å²) in [4.78, 5) is 25.6. The number of hydrogen-bond acceptors (Lipinski definition) is 8. The molecule has 3 aromatic rings. The van der Waals surface area contributed by atoms with Crippen molar-refractivity contribution in [3.8, 4) is 0 Å². The van der Waals surface area contributed by atoms with Crippen LogP contribution in [0, 0.1) is 10.1 Å². The number of nitrogens with one attached hydrogen (secondary N) is 1. The van der Waals surface area contributed by atoms with E-state index in [1.54, 1.807) is 17.1 Å². The molecule has 0 aliphatic carbocycles. The molecule has 3 heterocycles. The molecular formula is C13H15N9O4. The van der Waals surface area contributed by atoms with Crippen LogP contribution in [0.15, 0.2) is 31.0 Å². The SMILES string of the molecule is CCOCn1cc(NC(=O)c2ccn(Cn3cnc([N+](=O)[O-])n3)n2)cn1. The number of amides is 1. The lowest BCUT2D eigenvalue weighted by atomic mass is 10.4. The summed E-state index contributed by atoms with van der Waals surface area (Å²) in [6.07, 6.45) is 5.91. The number of ether oxygens (including phenoxy) is 1. The molecule has 13 heteroatoms. The summed E-state index contributed by atoms with van der Waals surface area (Å²) < 4.78 is 9.42. The van der Waals surface area contributed by atoms with Gasteiger partial charge in [-0.15, -0.1) is 0 Å². The van der Waals surface area contributed by atoms with Crippen molar-refractivity contribution in [2.24, 2.45) is 0 Å². The molecule has 13 nitrogen and oxygen atoms in total. The lowest BCUT2D eigenvalue weighted by Gasteiger charge is -2.01. The predicted octanol–water partition coefficient (Wildman–Crippen LogP) is 0.331. The second-order valence-corrected chi connectivity index (χ2v) is 5.07. The number of carbonyl (C=O) groups is 1. The second kappa shape index (κ2) is 7.52. The minimum Gasteiger partial charge on any atom is -0.390 e. The predicted molar refractivity (Wildman–Crippen MR) is 86.1 cm³/mol. The summed E-state index contributed by atoms with van der Waals surface area (Å²) in [7, 11) is 0. The molecule has 0 saturated carbocycles. The third-order valence-electron chi connectivity index (χ3n) is 3.17. The number of rotatable bonds is 8. The Kier molecular flexibility index (Phi) is 4.98. The van der Waals surface area contributed by atoms with Gasteiger partial charge in [-0.3, -0.25) is 4.79 Å². The van der Waals surface area contributed by atoms with Crippen molar-refractivity contribution in [1.82, 2.24) is 34.3 Å². The van der Waals surface area contributed by atoms with E-state index in [1.807, 2.05) is 6.92 Å². The minimum atomic E-state index is -0.690.